The van der Waals surface area contributed by atoms with Crippen molar-refractivity contribution in [3.63, 3.8) is 0 Å². The largest absolute Gasteiger partial charge is 0.354 e. The van der Waals surface area contributed by atoms with Crippen molar-refractivity contribution in [2.75, 3.05) is 19.6 Å². The van der Waals surface area contributed by atoms with E-state index in [4.69, 9.17) is 5.26 Å². The van der Waals surface area contributed by atoms with Gasteiger partial charge in [-0.3, -0.25) is 9.59 Å². The fourth-order valence-electron chi connectivity index (χ4n) is 1.72. The molecule has 0 aromatic carbocycles. The van der Waals surface area contributed by atoms with Crippen LogP contribution in [-0.2, 0) is 4.79 Å². The Labute approximate surface area is 104 Å². The molecule has 0 aliphatic carbocycles. The molecule has 1 aromatic rings. The van der Waals surface area contributed by atoms with Crippen LogP contribution >= 0.6 is 0 Å². The fraction of sp³-hybridized carbons (Fsp3) is 0.333. The highest BCUT2D eigenvalue weighted by molar-refractivity contribution is 5.92. The number of aromatic nitrogens is 1. The number of amides is 2. The summed E-state index contributed by atoms with van der Waals surface area (Å²) in [5.74, 6) is -0.255. The average Bonchev–Trinajstić information content (AvgIpc) is 2.63. The number of hydrogen-bond acceptors (Lipinski definition) is 4. The lowest BCUT2D eigenvalue weighted by atomic mass is 10.2. The Morgan fingerprint density at radius 3 is 2.94 bits per heavy atom. The van der Waals surface area contributed by atoms with E-state index >= 15 is 0 Å². The van der Waals surface area contributed by atoms with Crippen LogP contribution in [0.4, 0.5) is 0 Å². The van der Waals surface area contributed by atoms with Crippen molar-refractivity contribution in [3.05, 3.63) is 29.6 Å². The normalized spacial score (nSPS) is 15.5. The minimum absolute atomic E-state index is 0.0434. The molecule has 6 nitrogen and oxygen atoms in total. The minimum atomic E-state index is -0.212. The Hall–Kier alpha value is -2.42. The summed E-state index contributed by atoms with van der Waals surface area (Å²) in [6, 6.07) is 5.03. The van der Waals surface area contributed by atoms with Crippen LogP contribution in [0.25, 0.3) is 0 Å². The number of nitrogens with zero attached hydrogens (tertiary/aromatic N) is 3. The molecule has 0 atom stereocenters. The highest BCUT2D eigenvalue weighted by Crippen LogP contribution is 2.05. The van der Waals surface area contributed by atoms with E-state index in [2.05, 4.69) is 10.3 Å². The van der Waals surface area contributed by atoms with E-state index in [-0.39, 0.29) is 11.8 Å². The molecule has 92 valence electrons. The summed E-state index contributed by atoms with van der Waals surface area (Å²) in [5, 5.41) is 11.4. The SMILES string of the molecule is N#Cc1ccc(C(=O)N2CCNC(=O)CC2)nc1. The number of nitriles is 1. The molecule has 1 fully saturated rings. The molecular weight excluding hydrogens is 232 g/mol. The summed E-state index contributed by atoms with van der Waals surface area (Å²) in [4.78, 5) is 28.8. The predicted octanol–water partition coefficient (Wildman–Crippen LogP) is -0.0846. The van der Waals surface area contributed by atoms with Gasteiger partial charge in [0.25, 0.3) is 5.91 Å². The average molecular weight is 244 g/mol. The number of carbonyl (C=O) groups excluding carboxylic acids is 2. The second-order valence-electron chi connectivity index (χ2n) is 3.94. The van der Waals surface area contributed by atoms with Crippen molar-refractivity contribution in [1.82, 2.24) is 15.2 Å². The van der Waals surface area contributed by atoms with Crippen LogP contribution < -0.4 is 5.32 Å². The second-order valence-corrected chi connectivity index (χ2v) is 3.94. The van der Waals surface area contributed by atoms with Gasteiger partial charge in [-0.05, 0) is 12.1 Å². The van der Waals surface area contributed by atoms with Gasteiger partial charge in [0, 0.05) is 32.3 Å². The van der Waals surface area contributed by atoms with E-state index in [1.54, 1.807) is 11.0 Å². The summed E-state index contributed by atoms with van der Waals surface area (Å²) in [5.41, 5.74) is 0.711. The lowest BCUT2D eigenvalue weighted by molar-refractivity contribution is -0.120. The van der Waals surface area contributed by atoms with Gasteiger partial charge in [0.1, 0.15) is 11.8 Å². The molecule has 1 saturated heterocycles. The topological polar surface area (TPSA) is 86.1 Å². The third-order valence-electron chi connectivity index (χ3n) is 2.71. The first-order valence-electron chi connectivity index (χ1n) is 5.63. The van der Waals surface area contributed by atoms with Crippen LogP contribution in [0.3, 0.4) is 0 Å². The molecule has 1 N–H and O–H groups in total. The smallest absolute Gasteiger partial charge is 0.272 e. The maximum atomic E-state index is 12.1. The van der Waals surface area contributed by atoms with Crippen molar-refractivity contribution in [2.45, 2.75) is 6.42 Å². The van der Waals surface area contributed by atoms with Gasteiger partial charge in [-0.2, -0.15) is 5.26 Å². The quantitative estimate of drug-likeness (QED) is 0.748. The highest BCUT2D eigenvalue weighted by atomic mass is 16.2. The first kappa shape index (κ1) is 12.0. The second kappa shape index (κ2) is 5.27. The van der Waals surface area contributed by atoms with Gasteiger partial charge in [0.05, 0.1) is 5.56 Å². The van der Waals surface area contributed by atoms with E-state index in [0.29, 0.717) is 37.3 Å². The number of pyridine rings is 1. The molecule has 0 spiro atoms. The lowest BCUT2D eigenvalue weighted by Crippen LogP contribution is -2.34. The minimum Gasteiger partial charge on any atom is -0.354 e. The fourth-order valence-corrected chi connectivity index (χ4v) is 1.72. The summed E-state index contributed by atoms with van der Waals surface area (Å²) >= 11 is 0. The predicted molar refractivity (Wildman–Crippen MR) is 62.5 cm³/mol. The number of carbonyl (C=O) groups is 2. The van der Waals surface area contributed by atoms with E-state index in [1.807, 2.05) is 6.07 Å². The van der Waals surface area contributed by atoms with Crippen molar-refractivity contribution < 1.29 is 9.59 Å². The van der Waals surface area contributed by atoms with Gasteiger partial charge in [0.2, 0.25) is 5.91 Å². The van der Waals surface area contributed by atoms with Crippen molar-refractivity contribution in [2.24, 2.45) is 0 Å². The van der Waals surface area contributed by atoms with Crippen LogP contribution in [0, 0.1) is 11.3 Å². The molecule has 1 aliphatic heterocycles. The molecule has 0 unspecified atom stereocenters. The molecule has 0 bridgehead atoms. The maximum absolute atomic E-state index is 12.1. The van der Waals surface area contributed by atoms with E-state index < -0.39 is 0 Å². The molecule has 2 heterocycles. The zero-order valence-electron chi connectivity index (χ0n) is 9.72. The summed E-state index contributed by atoms with van der Waals surface area (Å²) in [6.45, 7) is 1.33. The van der Waals surface area contributed by atoms with Gasteiger partial charge < -0.3 is 10.2 Å². The van der Waals surface area contributed by atoms with Gasteiger partial charge in [-0.1, -0.05) is 0 Å². The summed E-state index contributed by atoms with van der Waals surface area (Å²) < 4.78 is 0. The summed E-state index contributed by atoms with van der Waals surface area (Å²) in [6.07, 6.45) is 1.68. The number of rotatable bonds is 1. The Bertz CT molecular complexity index is 504. The molecule has 1 aliphatic rings. The van der Waals surface area contributed by atoms with Crippen LogP contribution in [-0.4, -0.2) is 41.3 Å². The Balaban J connectivity index is 2.10. The van der Waals surface area contributed by atoms with E-state index in [1.165, 1.54) is 12.3 Å². The van der Waals surface area contributed by atoms with Crippen molar-refractivity contribution >= 4 is 11.8 Å². The number of hydrogen-bond donors (Lipinski definition) is 1. The Kier molecular flexibility index (Phi) is 3.53. The molecule has 0 radical (unpaired) electrons. The third kappa shape index (κ3) is 2.63. The standard InChI is InChI=1S/C12H12N4O2/c13-7-9-1-2-10(15-8-9)12(18)16-5-3-11(17)14-4-6-16/h1-2,8H,3-6H2,(H,14,17). The summed E-state index contributed by atoms with van der Waals surface area (Å²) in [7, 11) is 0. The number of nitrogens with one attached hydrogen (secondary N) is 1. The van der Waals surface area contributed by atoms with Gasteiger partial charge in [-0.15, -0.1) is 0 Å². The van der Waals surface area contributed by atoms with Crippen molar-refractivity contribution in [3.8, 4) is 6.07 Å². The van der Waals surface area contributed by atoms with Crippen LogP contribution in [0.1, 0.15) is 22.5 Å². The molecule has 6 heteroatoms. The van der Waals surface area contributed by atoms with Crippen LogP contribution in [0.5, 0.6) is 0 Å². The Morgan fingerprint density at radius 2 is 2.28 bits per heavy atom. The lowest BCUT2D eigenvalue weighted by Gasteiger charge is -2.18. The third-order valence-corrected chi connectivity index (χ3v) is 2.71. The first-order chi connectivity index (χ1) is 8.70. The molecule has 2 rings (SSSR count). The zero-order chi connectivity index (χ0) is 13.0. The Morgan fingerprint density at radius 1 is 1.44 bits per heavy atom. The first-order valence-corrected chi connectivity index (χ1v) is 5.63. The highest BCUT2D eigenvalue weighted by Gasteiger charge is 2.20. The van der Waals surface area contributed by atoms with Gasteiger partial charge in [0.15, 0.2) is 0 Å². The molecular formula is C12H12N4O2. The van der Waals surface area contributed by atoms with Gasteiger partial charge in [-0.25, -0.2) is 4.98 Å². The molecule has 1 aromatic heterocycles. The van der Waals surface area contributed by atoms with E-state index in [0.717, 1.165) is 0 Å². The molecule has 18 heavy (non-hydrogen) atoms. The molecule has 2 amide bonds. The van der Waals surface area contributed by atoms with E-state index in [9.17, 15) is 9.59 Å². The van der Waals surface area contributed by atoms with Crippen LogP contribution in [0.15, 0.2) is 18.3 Å². The maximum Gasteiger partial charge on any atom is 0.272 e. The van der Waals surface area contributed by atoms with Crippen molar-refractivity contribution in [1.29, 1.82) is 5.26 Å². The zero-order valence-corrected chi connectivity index (χ0v) is 9.72. The van der Waals surface area contributed by atoms with Crippen LogP contribution in [0.2, 0.25) is 0 Å². The monoisotopic (exact) mass is 244 g/mol. The molecule has 0 saturated carbocycles. The van der Waals surface area contributed by atoms with Gasteiger partial charge >= 0.3 is 0 Å².